The van der Waals surface area contributed by atoms with Crippen LogP contribution in [-0.4, -0.2) is 0 Å². The molecule has 3 nitrogen and oxygen atoms in total. The highest BCUT2D eigenvalue weighted by Crippen LogP contribution is 2.27. The first kappa shape index (κ1) is 12.0. The Bertz CT molecular complexity index is 600. The molecule has 2 aromatic carbocycles. The van der Waals surface area contributed by atoms with Gasteiger partial charge in [-0.1, -0.05) is 25.1 Å². The van der Waals surface area contributed by atoms with Crippen molar-refractivity contribution in [1.29, 1.82) is 5.26 Å². The highest BCUT2D eigenvalue weighted by atomic mass is 16.5. The molecule has 0 bridgehead atoms. The van der Waals surface area contributed by atoms with Crippen LogP contribution in [0.5, 0.6) is 11.5 Å². The van der Waals surface area contributed by atoms with Crippen LogP contribution in [0, 0.1) is 11.3 Å². The molecule has 18 heavy (non-hydrogen) atoms. The van der Waals surface area contributed by atoms with Crippen molar-refractivity contribution < 1.29 is 4.74 Å². The first-order chi connectivity index (χ1) is 8.74. The lowest BCUT2D eigenvalue weighted by Crippen LogP contribution is -1.93. The molecule has 90 valence electrons. The SMILES string of the molecule is CCc1ccccc1Oc1ccc(N)c(C#N)c1. The lowest BCUT2D eigenvalue weighted by molar-refractivity contribution is 0.477. The van der Waals surface area contributed by atoms with Crippen LogP contribution in [0.25, 0.3) is 0 Å². The van der Waals surface area contributed by atoms with Crippen LogP contribution in [0.3, 0.4) is 0 Å². The van der Waals surface area contributed by atoms with E-state index >= 15 is 0 Å². The minimum absolute atomic E-state index is 0.432. The third-order valence-electron chi connectivity index (χ3n) is 2.73. The van der Waals surface area contributed by atoms with Crippen molar-refractivity contribution in [3.63, 3.8) is 0 Å². The van der Waals surface area contributed by atoms with Crippen molar-refractivity contribution >= 4 is 5.69 Å². The smallest absolute Gasteiger partial charge is 0.130 e. The highest BCUT2D eigenvalue weighted by molar-refractivity contribution is 5.57. The van der Waals surface area contributed by atoms with Gasteiger partial charge in [-0.2, -0.15) is 5.26 Å². The summed E-state index contributed by atoms with van der Waals surface area (Å²) < 4.78 is 5.79. The quantitative estimate of drug-likeness (QED) is 0.832. The van der Waals surface area contributed by atoms with Crippen LogP contribution in [0.1, 0.15) is 18.1 Å². The summed E-state index contributed by atoms with van der Waals surface area (Å²) in [6, 6.07) is 15.0. The second-order valence-electron chi connectivity index (χ2n) is 3.92. The number of hydrogen-bond acceptors (Lipinski definition) is 3. The maximum atomic E-state index is 8.92. The number of para-hydroxylation sites is 1. The molecule has 0 aromatic heterocycles. The fourth-order valence-electron chi connectivity index (χ4n) is 1.72. The molecular formula is C15H14N2O. The number of aryl methyl sites for hydroxylation is 1. The van der Waals surface area contributed by atoms with Crippen LogP contribution in [0.15, 0.2) is 42.5 Å². The third kappa shape index (κ3) is 2.44. The zero-order valence-electron chi connectivity index (χ0n) is 10.2. The monoisotopic (exact) mass is 238 g/mol. The standard InChI is InChI=1S/C15H14N2O/c1-2-11-5-3-4-6-15(11)18-13-7-8-14(17)12(9-13)10-16/h3-9H,2,17H2,1H3. The molecule has 0 fully saturated rings. The maximum Gasteiger partial charge on any atom is 0.130 e. The summed E-state index contributed by atoms with van der Waals surface area (Å²) >= 11 is 0. The molecule has 2 aromatic rings. The van der Waals surface area contributed by atoms with Crippen LogP contribution in [0.2, 0.25) is 0 Å². The molecule has 0 aliphatic carbocycles. The van der Waals surface area contributed by atoms with E-state index in [1.165, 1.54) is 0 Å². The Morgan fingerprint density at radius 2 is 2.00 bits per heavy atom. The number of nitrogens with zero attached hydrogens (tertiary/aromatic N) is 1. The average Bonchev–Trinajstić information content (AvgIpc) is 2.41. The second-order valence-corrected chi connectivity index (χ2v) is 3.92. The fraction of sp³-hybridized carbons (Fsp3) is 0.133. The minimum atomic E-state index is 0.432. The van der Waals surface area contributed by atoms with Gasteiger partial charge in [0.25, 0.3) is 0 Å². The topological polar surface area (TPSA) is 59.0 Å². The molecule has 0 spiro atoms. The van der Waals surface area contributed by atoms with Crippen molar-refractivity contribution in [2.75, 3.05) is 5.73 Å². The summed E-state index contributed by atoms with van der Waals surface area (Å²) in [5.74, 6) is 1.44. The van der Waals surface area contributed by atoms with E-state index in [9.17, 15) is 0 Å². The van der Waals surface area contributed by atoms with E-state index in [0.29, 0.717) is 17.0 Å². The molecule has 2 rings (SSSR count). The molecule has 3 heteroatoms. The van der Waals surface area contributed by atoms with Crippen LogP contribution in [-0.2, 0) is 6.42 Å². The lowest BCUT2D eigenvalue weighted by Gasteiger charge is -2.10. The summed E-state index contributed by atoms with van der Waals surface area (Å²) in [6.07, 6.45) is 0.899. The largest absolute Gasteiger partial charge is 0.457 e. The van der Waals surface area contributed by atoms with Crippen LogP contribution >= 0.6 is 0 Å². The third-order valence-corrected chi connectivity index (χ3v) is 2.73. The van der Waals surface area contributed by atoms with E-state index in [0.717, 1.165) is 17.7 Å². The number of rotatable bonds is 3. The van der Waals surface area contributed by atoms with E-state index in [-0.39, 0.29) is 0 Å². The summed E-state index contributed by atoms with van der Waals surface area (Å²) in [6.45, 7) is 2.08. The number of hydrogen-bond donors (Lipinski definition) is 1. The summed E-state index contributed by atoms with van der Waals surface area (Å²) in [5.41, 5.74) is 7.70. The summed E-state index contributed by atoms with van der Waals surface area (Å²) in [5, 5.41) is 8.92. The molecular weight excluding hydrogens is 224 g/mol. The number of nitriles is 1. The predicted octanol–water partition coefficient (Wildman–Crippen LogP) is 3.50. The van der Waals surface area contributed by atoms with Crippen molar-refractivity contribution in [3.8, 4) is 17.6 Å². The maximum absolute atomic E-state index is 8.92. The Morgan fingerprint density at radius 1 is 1.22 bits per heavy atom. The zero-order chi connectivity index (χ0) is 13.0. The van der Waals surface area contributed by atoms with Gasteiger partial charge < -0.3 is 10.5 Å². The van der Waals surface area contributed by atoms with E-state index in [1.807, 2.05) is 30.3 Å². The van der Waals surface area contributed by atoms with Gasteiger partial charge in [-0.25, -0.2) is 0 Å². The molecule has 0 amide bonds. The van der Waals surface area contributed by atoms with Gasteiger partial charge in [-0.3, -0.25) is 0 Å². The van der Waals surface area contributed by atoms with Gasteiger partial charge >= 0.3 is 0 Å². The van der Waals surface area contributed by atoms with Crippen molar-refractivity contribution in [2.24, 2.45) is 0 Å². The Kier molecular flexibility index (Phi) is 3.49. The average molecular weight is 238 g/mol. The first-order valence-electron chi connectivity index (χ1n) is 5.80. The van der Waals surface area contributed by atoms with Crippen molar-refractivity contribution in [2.45, 2.75) is 13.3 Å². The fourth-order valence-corrected chi connectivity index (χ4v) is 1.72. The van der Waals surface area contributed by atoms with Crippen LogP contribution < -0.4 is 10.5 Å². The molecule has 0 heterocycles. The number of benzene rings is 2. The summed E-state index contributed by atoms with van der Waals surface area (Å²) in [7, 11) is 0. The van der Waals surface area contributed by atoms with Gasteiger partial charge in [0.2, 0.25) is 0 Å². The Labute approximate surface area is 106 Å². The van der Waals surface area contributed by atoms with Gasteiger partial charge in [0.1, 0.15) is 17.6 Å². The molecule has 0 saturated heterocycles. The normalized spacial score (nSPS) is 9.78. The van der Waals surface area contributed by atoms with E-state index in [1.54, 1.807) is 18.2 Å². The number of ether oxygens (including phenoxy) is 1. The molecule has 0 atom stereocenters. The number of nitrogen functional groups attached to an aromatic ring is 1. The first-order valence-corrected chi connectivity index (χ1v) is 5.80. The Balaban J connectivity index is 2.32. The Hall–Kier alpha value is -2.47. The van der Waals surface area contributed by atoms with Crippen LogP contribution in [0.4, 0.5) is 5.69 Å². The second kappa shape index (κ2) is 5.24. The molecule has 0 radical (unpaired) electrons. The van der Waals surface area contributed by atoms with E-state index in [4.69, 9.17) is 15.7 Å². The summed E-state index contributed by atoms with van der Waals surface area (Å²) in [4.78, 5) is 0. The molecule has 0 aliphatic rings. The molecule has 2 N–H and O–H groups in total. The minimum Gasteiger partial charge on any atom is -0.457 e. The van der Waals surface area contributed by atoms with E-state index < -0.39 is 0 Å². The van der Waals surface area contributed by atoms with E-state index in [2.05, 4.69) is 6.92 Å². The van der Waals surface area contributed by atoms with Crippen molar-refractivity contribution in [3.05, 3.63) is 53.6 Å². The number of anilines is 1. The molecule has 0 unspecified atom stereocenters. The lowest BCUT2D eigenvalue weighted by atomic mass is 10.1. The zero-order valence-corrected chi connectivity index (χ0v) is 10.2. The Morgan fingerprint density at radius 3 is 2.72 bits per heavy atom. The predicted molar refractivity (Wildman–Crippen MR) is 71.5 cm³/mol. The van der Waals surface area contributed by atoms with Gasteiger partial charge in [-0.05, 0) is 30.2 Å². The number of nitrogens with two attached hydrogens (primary N) is 1. The van der Waals surface area contributed by atoms with Gasteiger partial charge in [0, 0.05) is 11.8 Å². The molecule has 0 aliphatic heterocycles. The van der Waals surface area contributed by atoms with Gasteiger partial charge in [0.15, 0.2) is 0 Å². The highest BCUT2D eigenvalue weighted by Gasteiger charge is 2.05. The van der Waals surface area contributed by atoms with Gasteiger partial charge in [-0.15, -0.1) is 0 Å². The van der Waals surface area contributed by atoms with Gasteiger partial charge in [0.05, 0.1) is 5.56 Å². The van der Waals surface area contributed by atoms with Crippen molar-refractivity contribution in [1.82, 2.24) is 0 Å². The molecule has 0 saturated carbocycles.